The van der Waals surface area contributed by atoms with Crippen LogP contribution in [0.25, 0.3) is 11.6 Å². The Morgan fingerprint density at radius 1 is 1.24 bits per heavy atom. The van der Waals surface area contributed by atoms with Crippen LogP contribution in [0.4, 0.5) is 5.69 Å². The van der Waals surface area contributed by atoms with Crippen LogP contribution in [0.3, 0.4) is 0 Å². The van der Waals surface area contributed by atoms with Crippen LogP contribution in [0.2, 0.25) is 0 Å². The first-order valence-corrected chi connectivity index (χ1v) is 10.3. The SMILES string of the molecule is O=c1n(CCNS(=O)(=O)c2ccc([N+](=O)[O-])cc2)nc(-c2ccco2)n1C1CC1. The van der Waals surface area contributed by atoms with Gasteiger partial charge in [-0.2, -0.15) is 0 Å². The Hall–Kier alpha value is -3.25. The van der Waals surface area contributed by atoms with E-state index in [0.717, 1.165) is 37.1 Å². The van der Waals surface area contributed by atoms with Crippen LogP contribution in [-0.4, -0.2) is 34.2 Å². The summed E-state index contributed by atoms with van der Waals surface area (Å²) in [6.45, 7) is -0.0447. The van der Waals surface area contributed by atoms with Crippen molar-refractivity contribution >= 4 is 15.7 Å². The molecule has 0 bridgehead atoms. The molecule has 2 heterocycles. The minimum absolute atomic E-state index is 0.0263. The molecule has 11 nitrogen and oxygen atoms in total. The van der Waals surface area contributed by atoms with E-state index < -0.39 is 14.9 Å². The third kappa shape index (κ3) is 3.84. The highest BCUT2D eigenvalue weighted by atomic mass is 32.2. The Morgan fingerprint density at radius 3 is 2.55 bits per heavy atom. The third-order valence-corrected chi connectivity index (χ3v) is 5.97. The Morgan fingerprint density at radius 2 is 1.97 bits per heavy atom. The molecule has 0 spiro atoms. The average Bonchev–Trinajstić information content (AvgIpc) is 3.27. The molecule has 0 atom stereocenters. The van der Waals surface area contributed by atoms with E-state index in [1.165, 1.54) is 10.9 Å². The third-order valence-electron chi connectivity index (χ3n) is 4.50. The quantitative estimate of drug-likeness (QED) is 0.431. The number of non-ortho nitro benzene ring substituents is 1. The highest BCUT2D eigenvalue weighted by Crippen LogP contribution is 2.36. The number of sulfonamides is 1. The molecule has 1 aliphatic carbocycles. The zero-order valence-corrected chi connectivity index (χ0v) is 15.9. The van der Waals surface area contributed by atoms with Gasteiger partial charge in [0.1, 0.15) is 0 Å². The number of nitro benzene ring substituents is 1. The molecule has 29 heavy (non-hydrogen) atoms. The van der Waals surface area contributed by atoms with Gasteiger partial charge in [0.2, 0.25) is 15.8 Å². The Balaban J connectivity index is 1.49. The molecule has 1 fully saturated rings. The number of hydrogen-bond acceptors (Lipinski definition) is 7. The maximum absolute atomic E-state index is 12.7. The number of furan rings is 1. The maximum Gasteiger partial charge on any atom is 0.346 e. The highest BCUT2D eigenvalue weighted by molar-refractivity contribution is 7.89. The smallest absolute Gasteiger partial charge is 0.346 e. The van der Waals surface area contributed by atoms with E-state index in [-0.39, 0.29) is 35.4 Å². The molecule has 0 aliphatic heterocycles. The summed E-state index contributed by atoms with van der Waals surface area (Å²) in [4.78, 5) is 22.6. The van der Waals surface area contributed by atoms with E-state index >= 15 is 0 Å². The molecular weight excluding hydrogens is 402 g/mol. The minimum atomic E-state index is -3.88. The predicted molar refractivity (Wildman–Crippen MR) is 101 cm³/mol. The molecule has 0 saturated heterocycles. The van der Waals surface area contributed by atoms with E-state index in [4.69, 9.17) is 4.42 Å². The Labute approximate surface area is 164 Å². The van der Waals surface area contributed by atoms with Gasteiger partial charge in [0.15, 0.2) is 5.76 Å². The first-order chi connectivity index (χ1) is 13.9. The molecule has 0 unspecified atom stereocenters. The molecule has 0 amide bonds. The van der Waals surface area contributed by atoms with Gasteiger partial charge in [0.05, 0.1) is 22.6 Å². The molecule has 1 saturated carbocycles. The van der Waals surface area contributed by atoms with Crippen molar-refractivity contribution < 1.29 is 17.8 Å². The minimum Gasteiger partial charge on any atom is -0.461 e. The molecule has 0 radical (unpaired) electrons. The number of nitro groups is 1. The fourth-order valence-corrected chi connectivity index (χ4v) is 3.94. The first kappa shape index (κ1) is 19.1. The summed E-state index contributed by atoms with van der Waals surface area (Å²) >= 11 is 0. The number of nitrogens with one attached hydrogen (secondary N) is 1. The van der Waals surface area contributed by atoms with Crippen molar-refractivity contribution in [3.63, 3.8) is 0 Å². The van der Waals surface area contributed by atoms with E-state index in [2.05, 4.69) is 9.82 Å². The van der Waals surface area contributed by atoms with Gasteiger partial charge in [-0.1, -0.05) is 0 Å². The molecule has 4 rings (SSSR count). The van der Waals surface area contributed by atoms with Gasteiger partial charge in [-0.15, -0.1) is 5.10 Å². The van der Waals surface area contributed by atoms with E-state index in [1.807, 2.05) is 0 Å². The van der Waals surface area contributed by atoms with Crippen LogP contribution >= 0.6 is 0 Å². The lowest BCUT2D eigenvalue weighted by molar-refractivity contribution is -0.384. The second-order valence-electron chi connectivity index (χ2n) is 6.56. The van der Waals surface area contributed by atoms with Crippen molar-refractivity contribution in [3.8, 4) is 11.6 Å². The van der Waals surface area contributed by atoms with Gasteiger partial charge in [-0.3, -0.25) is 14.7 Å². The fraction of sp³-hybridized carbons (Fsp3) is 0.294. The maximum atomic E-state index is 12.7. The summed E-state index contributed by atoms with van der Waals surface area (Å²) < 4.78 is 35.2. The largest absolute Gasteiger partial charge is 0.461 e. The van der Waals surface area contributed by atoms with E-state index in [0.29, 0.717) is 11.6 Å². The van der Waals surface area contributed by atoms with Gasteiger partial charge in [0.25, 0.3) is 5.69 Å². The summed E-state index contributed by atoms with van der Waals surface area (Å²) in [6.07, 6.45) is 3.26. The summed E-state index contributed by atoms with van der Waals surface area (Å²) in [5.74, 6) is 0.889. The molecule has 2 aromatic heterocycles. The summed E-state index contributed by atoms with van der Waals surface area (Å²) in [7, 11) is -3.88. The van der Waals surface area contributed by atoms with Gasteiger partial charge in [-0.05, 0) is 37.1 Å². The zero-order chi connectivity index (χ0) is 20.6. The number of hydrogen-bond donors (Lipinski definition) is 1. The highest BCUT2D eigenvalue weighted by Gasteiger charge is 2.31. The van der Waals surface area contributed by atoms with E-state index in [1.54, 1.807) is 16.7 Å². The number of benzene rings is 1. The fourth-order valence-electron chi connectivity index (χ4n) is 2.92. The lowest BCUT2D eigenvalue weighted by Crippen LogP contribution is -2.32. The summed E-state index contributed by atoms with van der Waals surface area (Å²) in [5, 5.41) is 15.0. The number of nitrogens with zero attached hydrogens (tertiary/aromatic N) is 4. The van der Waals surface area contributed by atoms with Crippen LogP contribution in [0.1, 0.15) is 18.9 Å². The van der Waals surface area contributed by atoms with Crippen LogP contribution < -0.4 is 10.4 Å². The average molecular weight is 419 g/mol. The second-order valence-corrected chi connectivity index (χ2v) is 8.32. The summed E-state index contributed by atoms with van der Waals surface area (Å²) in [6, 6.07) is 8.04. The topological polar surface area (TPSA) is 142 Å². The molecule has 1 N–H and O–H groups in total. The van der Waals surface area contributed by atoms with Crippen molar-refractivity contribution in [1.29, 1.82) is 0 Å². The van der Waals surface area contributed by atoms with Crippen LogP contribution in [0.15, 0.2) is 56.8 Å². The molecule has 12 heteroatoms. The van der Waals surface area contributed by atoms with Gasteiger partial charge in [-0.25, -0.2) is 22.6 Å². The van der Waals surface area contributed by atoms with Crippen molar-refractivity contribution in [2.45, 2.75) is 30.3 Å². The second kappa shape index (κ2) is 7.29. The Kier molecular flexibility index (Phi) is 4.80. The standard InChI is InChI=1S/C17H17N5O6S/c23-17-20(19-16(15-2-1-11-28-15)21(17)12-3-4-12)10-9-18-29(26,27)14-7-5-13(6-8-14)22(24)25/h1-2,5-8,11-12,18H,3-4,9-10H2. The molecule has 152 valence electrons. The van der Waals surface area contributed by atoms with Gasteiger partial charge < -0.3 is 4.42 Å². The molecule has 1 aliphatic rings. The van der Waals surface area contributed by atoms with Crippen LogP contribution in [0, 0.1) is 10.1 Å². The predicted octanol–water partition coefficient (Wildman–Crippen LogP) is 1.53. The summed E-state index contributed by atoms with van der Waals surface area (Å²) in [5.41, 5.74) is -0.528. The molecule has 1 aromatic carbocycles. The molecular formula is C17H17N5O6S. The van der Waals surface area contributed by atoms with Crippen molar-refractivity contribution in [3.05, 3.63) is 63.3 Å². The zero-order valence-electron chi connectivity index (χ0n) is 15.1. The number of rotatable bonds is 8. The van der Waals surface area contributed by atoms with Crippen LogP contribution in [0.5, 0.6) is 0 Å². The van der Waals surface area contributed by atoms with E-state index in [9.17, 15) is 23.3 Å². The van der Waals surface area contributed by atoms with Crippen LogP contribution in [-0.2, 0) is 16.6 Å². The normalized spacial score (nSPS) is 14.2. The first-order valence-electron chi connectivity index (χ1n) is 8.84. The number of aromatic nitrogens is 3. The van der Waals surface area contributed by atoms with Gasteiger partial charge >= 0.3 is 5.69 Å². The van der Waals surface area contributed by atoms with Crippen molar-refractivity contribution in [2.75, 3.05) is 6.54 Å². The Bertz CT molecular complexity index is 1190. The lowest BCUT2D eigenvalue weighted by atomic mass is 10.3. The van der Waals surface area contributed by atoms with Crippen molar-refractivity contribution in [1.82, 2.24) is 19.1 Å². The van der Waals surface area contributed by atoms with Crippen molar-refractivity contribution in [2.24, 2.45) is 0 Å². The van der Waals surface area contributed by atoms with Gasteiger partial charge in [0, 0.05) is 24.7 Å². The monoisotopic (exact) mass is 419 g/mol. The molecule has 3 aromatic rings. The lowest BCUT2D eigenvalue weighted by Gasteiger charge is -2.06.